The highest BCUT2D eigenvalue weighted by Crippen LogP contribution is 2.35. The highest BCUT2D eigenvalue weighted by atomic mass is 16.8. The average Bonchev–Trinajstić information content (AvgIpc) is 3.21. The van der Waals surface area contributed by atoms with Gasteiger partial charge >= 0.3 is 5.97 Å². The quantitative estimate of drug-likeness (QED) is 0.0543. The van der Waals surface area contributed by atoms with Gasteiger partial charge in [0.05, 0.1) is 31.0 Å². The molecule has 0 bridgehead atoms. The van der Waals surface area contributed by atoms with Crippen molar-refractivity contribution in [1.82, 2.24) is 0 Å². The molecule has 0 radical (unpaired) electrons. The van der Waals surface area contributed by atoms with Crippen molar-refractivity contribution < 1.29 is 98.9 Å². The number of carboxylic acids is 1. The van der Waals surface area contributed by atoms with Crippen LogP contribution in [0.25, 0.3) is 0 Å². The van der Waals surface area contributed by atoms with Gasteiger partial charge in [0.2, 0.25) is 0 Å². The van der Waals surface area contributed by atoms with Crippen LogP contribution in [-0.2, 0) is 42.7 Å². The molecule has 0 unspecified atom stereocenters. The van der Waals surface area contributed by atoms with E-state index >= 15 is 0 Å². The largest absolute Gasteiger partial charge is 0.481 e. The van der Waals surface area contributed by atoms with Crippen LogP contribution in [0.5, 0.6) is 0 Å². The zero-order chi connectivity index (χ0) is 44.3. The highest BCUT2D eigenvalue weighted by Gasteiger charge is 2.55. The Morgan fingerprint density at radius 2 is 0.950 bits per heavy atom. The fourth-order valence-corrected chi connectivity index (χ4v) is 8.09. The highest BCUT2D eigenvalue weighted by molar-refractivity contribution is 5.66. The number of carbonyl (C=O) groups is 1. The monoisotopic (exact) mass is 872 g/mol. The van der Waals surface area contributed by atoms with E-state index < -0.39 is 135 Å². The van der Waals surface area contributed by atoms with Crippen LogP contribution in [0.3, 0.4) is 0 Å². The first-order valence-electron chi connectivity index (χ1n) is 21.7. The van der Waals surface area contributed by atoms with Crippen LogP contribution in [0, 0.1) is 0 Å². The molecular formula is C40H72O20. The molecule has 4 fully saturated rings. The molecule has 4 aliphatic rings. The summed E-state index contributed by atoms with van der Waals surface area (Å²) >= 11 is 0. The van der Waals surface area contributed by atoms with Gasteiger partial charge in [-0.15, -0.1) is 0 Å². The molecule has 4 aliphatic heterocycles. The number of carboxylic acid groups (broad SMARTS) is 1. The average molecular weight is 873 g/mol. The van der Waals surface area contributed by atoms with Crippen molar-refractivity contribution in [2.24, 2.45) is 0 Å². The third-order valence-electron chi connectivity index (χ3n) is 11.9. The number of hydrogen-bond donors (Lipinski definition) is 11. The lowest BCUT2D eigenvalue weighted by molar-refractivity contribution is -0.398. The Bertz CT molecular complexity index is 1240. The molecule has 4 heterocycles. The molecule has 4 rings (SSSR count). The van der Waals surface area contributed by atoms with Gasteiger partial charge in [-0.2, -0.15) is 0 Å². The summed E-state index contributed by atoms with van der Waals surface area (Å²) in [5, 5.41) is 116. The predicted molar refractivity (Wildman–Crippen MR) is 206 cm³/mol. The van der Waals surface area contributed by atoms with E-state index in [1.54, 1.807) is 6.92 Å². The second kappa shape index (κ2) is 24.7. The van der Waals surface area contributed by atoms with Gasteiger partial charge in [-0.3, -0.25) is 4.79 Å². The topological polar surface area (TPSA) is 313 Å². The normalized spacial score (nSPS) is 43.2. The molecule has 0 aromatic carbocycles. The molecule has 0 saturated carbocycles. The molecular weight excluding hydrogens is 800 g/mol. The van der Waals surface area contributed by atoms with Crippen molar-refractivity contribution in [1.29, 1.82) is 0 Å². The smallest absolute Gasteiger partial charge is 0.303 e. The number of hydrogen-bond acceptors (Lipinski definition) is 19. The van der Waals surface area contributed by atoms with Gasteiger partial charge in [-0.25, -0.2) is 0 Å². The maximum atomic E-state index is 11.4. The Labute approximate surface area is 351 Å². The van der Waals surface area contributed by atoms with Gasteiger partial charge in [-0.1, -0.05) is 64.7 Å². The Kier molecular flexibility index (Phi) is 21.2. The van der Waals surface area contributed by atoms with E-state index in [1.807, 2.05) is 0 Å². The second-order valence-corrected chi connectivity index (χ2v) is 16.7. The van der Waals surface area contributed by atoms with Crippen LogP contribution in [0.15, 0.2) is 0 Å². The number of ether oxygens (including phenoxy) is 8. The van der Waals surface area contributed by atoms with E-state index in [-0.39, 0.29) is 12.5 Å². The van der Waals surface area contributed by atoms with Crippen LogP contribution in [0.2, 0.25) is 0 Å². The lowest BCUT2D eigenvalue weighted by Gasteiger charge is -2.49. The fraction of sp³-hybridized carbons (Fsp3) is 0.975. The van der Waals surface area contributed by atoms with E-state index in [4.69, 9.17) is 43.0 Å². The molecule has 0 aliphatic carbocycles. The van der Waals surface area contributed by atoms with E-state index in [0.29, 0.717) is 19.3 Å². The SMILES string of the molecule is CCCCC[C@@H](CCCCCCCCCC(=O)O)O[C@@H]1O[C@H](C)[C@@H](O)[C@H](O)[C@H]1O[C@@H]1O[C@H](CO)[C@@H](O)[C@H](O)[C@H]1O[C@@H]1O[C@@H](C)[C@H](O[C@@H]2O[C@H](C)[C@H](O)[C@H](O)[C@H]2O)[C@@H](O)[C@H]1O. The third-order valence-corrected chi connectivity index (χ3v) is 11.9. The molecule has 4 saturated heterocycles. The summed E-state index contributed by atoms with van der Waals surface area (Å²) in [6.45, 7) is 5.76. The summed E-state index contributed by atoms with van der Waals surface area (Å²) in [6, 6.07) is 0. The predicted octanol–water partition coefficient (Wildman–Crippen LogP) is -1.10. The second-order valence-electron chi connectivity index (χ2n) is 16.7. The first kappa shape index (κ1) is 51.4. The summed E-state index contributed by atoms with van der Waals surface area (Å²) in [4.78, 5) is 10.8. The van der Waals surface area contributed by atoms with Gasteiger partial charge < -0.3 is 94.1 Å². The molecule has 21 atom stereocenters. The van der Waals surface area contributed by atoms with Crippen molar-refractivity contribution >= 4 is 5.97 Å². The minimum Gasteiger partial charge on any atom is -0.481 e. The maximum absolute atomic E-state index is 11.4. The van der Waals surface area contributed by atoms with Crippen molar-refractivity contribution in [3.8, 4) is 0 Å². The zero-order valence-corrected chi connectivity index (χ0v) is 35.1. The number of aliphatic hydroxyl groups excluding tert-OH is 10. The van der Waals surface area contributed by atoms with Crippen LogP contribution < -0.4 is 0 Å². The van der Waals surface area contributed by atoms with E-state index in [1.165, 1.54) is 13.8 Å². The van der Waals surface area contributed by atoms with E-state index in [0.717, 1.165) is 57.8 Å². The number of unbranched alkanes of at least 4 members (excludes halogenated alkanes) is 8. The van der Waals surface area contributed by atoms with Crippen LogP contribution in [-0.4, -0.2) is 198 Å². The third kappa shape index (κ3) is 13.6. The van der Waals surface area contributed by atoms with Gasteiger partial charge in [-0.05, 0) is 40.0 Å². The molecule has 0 spiro atoms. The van der Waals surface area contributed by atoms with Gasteiger partial charge in [0.1, 0.15) is 79.4 Å². The summed E-state index contributed by atoms with van der Waals surface area (Å²) in [6.07, 6.45) is -20.2. The molecule has 60 heavy (non-hydrogen) atoms. The summed E-state index contributed by atoms with van der Waals surface area (Å²) in [7, 11) is 0. The minimum atomic E-state index is -1.90. The zero-order valence-electron chi connectivity index (χ0n) is 35.1. The van der Waals surface area contributed by atoms with Crippen LogP contribution in [0.1, 0.15) is 111 Å². The first-order valence-corrected chi connectivity index (χ1v) is 21.7. The lowest BCUT2D eigenvalue weighted by Crippen LogP contribution is -2.67. The lowest BCUT2D eigenvalue weighted by atomic mass is 9.96. The standard InChI is InChI=1S/C40H72O20/c1-5-6-12-15-22(16-13-10-8-7-9-11-14-17-24(42)43)56-39-35(29(48)26(45)20(3)54-39)60-40-36(30(49)27(46)23(18-41)57-40)59-38-33(52)31(50)34(21(4)55-38)58-37-32(51)28(47)25(44)19(2)53-37/h19-23,25-41,44-52H,5-18H2,1-4H3,(H,42,43)/t19-,20-,21+,22+,23-,25+,26-,27-,28+,29+,30+,31+,32-,33-,34+,35-,36-,37+,38+,39+,40+/m1/s1. The number of aliphatic hydroxyl groups is 10. The maximum Gasteiger partial charge on any atom is 0.303 e. The van der Waals surface area contributed by atoms with Crippen molar-refractivity contribution in [2.45, 2.75) is 240 Å². The van der Waals surface area contributed by atoms with E-state index in [2.05, 4.69) is 6.92 Å². The molecule has 0 amide bonds. The summed E-state index contributed by atoms with van der Waals surface area (Å²) in [5.74, 6) is -0.791. The van der Waals surface area contributed by atoms with Gasteiger partial charge in [0, 0.05) is 6.42 Å². The van der Waals surface area contributed by atoms with Crippen LogP contribution in [0.4, 0.5) is 0 Å². The molecule has 352 valence electrons. The first-order chi connectivity index (χ1) is 28.5. The molecule has 0 aromatic rings. The minimum absolute atomic E-state index is 0.169. The Hall–Kier alpha value is -1.25. The van der Waals surface area contributed by atoms with Gasteiger partial charge in [0.25, 0.3) is 0 Å². The molecule has 20 heteroatoms. The Morgan fingerprint density at radius 3 is 1.55 bits per heavy atom. The Morgan fingerprint density at radius 1 is 0.500 bits per heavy atom. The van der Waals surface area contributed by atoms with Crippen molar-refractivity contribution in [2.75, 3.05) is 6.61 Å². The van der Waals surface area contributed by atoms with E-state index in [9.17, 15) is 55.9 Å². The van der Waals surface area contributed by atoms with Crippen molar-refractivity contribution in [3.63, 3.8) is 0 Å². The Balaban J connectivity index is 1.46. The molecule has 0 aromatic heterocycles. The molecule has 20 nitrogen and oxygen atoms in total. The van der Waals surface area contributed by atoms with Crippen molar-refractivity contribution in [3.05, 3.63) is 0 Å². The summed E-state index contributed by atoms with van der Waals surface area (Å²) < 4.78 is 47.7. The number of rotatable bonds is 23. The van der Waals surface area contributed by atoms with Crippen LogP contribution >= 0.6 is 0 Å². The summed E-state index contributed by atoms with van der Waals surface area (Å²) in [5.41, 5.74) is 0. The fourth-order valence-electron chi connectivity index (χ4n) is 8.09. The number of aliphatic carboxylic acids is 1. The molecule has 11 N–H and O–H groups in total. The van der Waals surface area contributed by atoms with Gasteiger partial charge in [0.15, 0.2) is 25.2 Å².